The quantitative estimate of drug-likeness (QED) is 0.451. The van der Waals surface area contributed by atoms with Crippen LogP contribution in [-0.2, 0) is 13.1 Å². The number of aromatic nitrogens is 2. The van der Waals surface area contributed by atoms with Gasteiger partial charge < -0.3 is 10.6 Å². The Morgan fingerprint density at radius 1 is 1.03 bits per heavy atom. The Balaban J connectivity index is 1.36. The first-order chi connectivity index (χ1) is 14.7. The summed E-state index contributed by atoms with van der Waals surface area (Å²) < 4.78 is 1.89. The van der Waals surface area contributed by atoms with Gasteiger partial charge >= 0.3 is 6.03 Å². The SMILES string of the molecule is Cc1ccc([C@H](NC(=O)NCc2ccc(Cn3cccn3)cc2)c2cccs2)cc1. The topological polar surface area (TPSA) is 59.0 Å². The monoisotopic (exact) mass is 416 g/mol. The molecule has 1 atom stereocenters. The van der Waals surface area contributed by atoms with Crippen molar-refractivity contribution in [1.82, 2.24) is 20.4 Å². The molecule has 152 valence electrons. The fourth-order valence-corrected chi connectivity index (χ4v) is 4.04. The molecule has 2 heterocycles. The molecule has 2 aromatic carbocycles. The number of rotatable bonds is 7. The average Bonchev–Trinajstić information content (AvgIpc) is 3.47. The standard InChI is InChI=1S/C24H24N4OS/c1-18-5-11-21(12-6-18)23(22-4-2-15-30-22)27-24(29)25-16-19-7-9-20(10-8-19)17-28-14-3-13-26-28/h2-15,23H,16-17H2,1H3,(H2,25,27,29)/t23-/m0/s1. The molecule has 0 saturated heterocycles. The molecule has 0 aliphatic carbocycles. The third-order valence-corrected chi connectivity index (χ3v) is 5.83. The molecule has 0 aliphatic rings. The van der Waals surface area contributed by atoms with Crippen molar-refractivity contribution >= 4 is 17.4 Å². The fraction of sp³-hybridized carbons (Fsp3) is 0.167. The minimum atomic E-state index is -0.186. The lowest BCUT2D eigenvalue weighted by Crippen LogP contribution is -2.37. The number of carbonyl (C=O) groups is 1. The van der Waals surface area contributed by atoms with Gasteiger partial charge in [0.25, 0.3) is 0 Å². The van der Waals surface area contributed by atoms with E-state index in [1.54, 1.807) is 17.5 Å². The van der Waals surface area contributed by atoms with Gasteiger partial charge in [-0.3, -0.25) is 4.68 Å². The molecular formula is C24H24N4OS. The van der Waals surface area contributed by atoms with E-state index in [0.29, 0.717) is 6.54 Å². The third kappa shape index (κ3) is 5.15. The Bertz CT molecular complexity index is 1060. The highest BCUT2D eigenvalue weighted by Crippen LogP contribution is 2.26. The van der Waals surface area contributed by atoms with E-state index in [1.807, 2.05) is 46.6 Å². The van der Waals surface area contributed by atoms with Crippen LogP contribution in [0.5, 0.6) is 0 Å². The van der Waals surface area contributed by atoms with Crippen LogP contribution < -0.4 is 10.6 Å². The van der Waals surface area contributed by atoms with Crippen molar-refractivity contribution < 1.29 is 4.79 Å². The van der Waals surface area contributed by atoms with Gasteiger partial charge in [0.15, 0.2) is 0 Å². The number of hydrogen-bond acceptors (Lipinski definition) is 3. The van der Waals surface area contributed by atoms with Crippen molar-refractivity contribution in [3.05, 3.63) is 112 Å². The maximum absolute atomic E-state index is 12.6. The number of amides is 2. The smallest absolute Gasteiger partial charge is 0.315 e. The predicted molar refractivity (Wildman–Crippen MR) is 120 cm³/mol. The Hall–Kier alpha value is -3.38. The highest BCUT2D eigenvalue weighted by Gasteiger charge is 2.17. The highest BCUT2D eigenvalue weighted by atomic mass is 32.1. The number of aryl methyl sites for hydroxylation is 1. The summed E-state index contributed by atoms with van der Waals surface area (Å²) in [5.41, 5.74) is 4.49. The molecular weight excluding hydrogens is 392 g/mol. The zero-order chi connectivity index (χ0) is 20.8. The first-order valence-electron chi connectivity index (χ1n) is 9.87. The van der Waals surface area contributed by atoms with Gasteiger partial charge in [-0.05, 0) is 41.1 Å². The summed E-state index contributed by atoms with van der Waals surface area (Å²) >= 11 is 1.64. The van der Waals surface area contributed by atoms with Crippen molar-refractivity contribution in [1.29, 1.82) is 0 Å². The van der Waals surface area contributed by atoms with Crippen LogP contribution >= 0.6 is 11.3 Å². The van der Waals surface area contributed by atoms with Crippen LogP contribution in [0, 0.1) is 6.92 Å². The number of urea groups is 1. The summed E-state index contributed by atoms with van der Waals surface area (Å²) in [6, 6.07) is 22.1. The van der Waals surface area contributed by atoms with Gasteiger partial charge in [0.2, 0.25) is 0 Å². The fourth-order valence-electron chi connectivity index (χ4n) is 3.24. The molecule has 4 rings (SSSR count). The van der Waals surface area contributed by atoms with Gasteiger partial charge in [-0.1, -0.05) is 60.2 Å². The van der Waals surface area contributed by atoms with Crippen LogP contribution in [-0.4, -0.2) is 15.8 Å². The largest absolute Gasteiger partial charge is 0.334 e. The Labute approximate surface area is 180 Å². The molecule has 0 unspecified atom stereocenters. The summed E-state index contributed by atoms with van der Waals surface area (Å²) in [7, 11) is 0. The van der Waals surface area contributed by atoms with Gasteiger partial charge in [0.1, 0.15) is 0 Å². The number of hydrogen-bond donors (Lipinski definition) is 2. The first kappa shape index (κ1) is 19.9. The third-order valence-electron chi connectivity index (χ3n) is 4.89. The van der Waals surface area contributed by atoms with Gasteiger partial charge in [0, 0.05) is 23.8 Å². The lowest BCUT2D eigenvalue weighted by Gasteiger charge is -2.19. The molecule has 0 spiro atoms. The van der Waals surface area contributed by atoms with Crippen LogP contribution in [0.4, 0.5) is 4.79 Å². The number of benzene rings is 2. The van der Waals surface area contributed by atoms with Crippen LogP contribution in [0.3, 0.4) is 0 Å². The van der Waals surface area contributed by atoms with Gasteiger partial charge in [-0.2, -0.15) is 5.10 Å². The van der Waals surface area contributed by atoms with E-state index < -0.39 is 0 Å². The van der Waals surface area contributed by atoms with Crippen LogP contribution in [0.25, 0.3) is 0 Å². The highest BCUT2D eigenvalue weighted by molar-refractivity contribution is 7.10. The molecule has 5 nitrogen and oxygen atoms in total. The van der Waals surface area contributed by atoms with Gasteiger partial charge in [0.05, 0.1) is 12.6 Å². The molecule has 6 heteroatoms. The Morgan fingerprint density at radius 3 is 2.47 bits per heavy atom. The minimum Gasteiger partial charge on any atom is -0.334 e. The second-order valence-electron chi connectivity index (χ2n) is 7.21. The Morgan fingerprint density at radius 2 is 1.80 bits per heavy atom. The number of thiophene rings is 1. The van der Waals surface area contributed by atoms with Crippen LogP contribution in [0.1, 0.15) is 33.2 Å². The van der Waals surface area contributed by atoms with E-state index in [9.17, 15) is 4.79 Å². The van der Waals surface area contributed by atoms with E-state index in [-0.39, 0.29) is 12.1 Å². The molecule has 0 radical (unpaired) electrons. The van der Waals surface area contributed by atoms with Gasteiger partial charge in [-0.25, -0.2) is 4.79 Å². The summed E-state index contributed by atoms with van der Waals surface area (Å²) in [6.45, 7) is 3.27. The number of nitrogens with one attached hydrogen (secondary N) is 2. The predicted octanol–water partition coefficient (Wildman–Crippen LogP) is 4.89. The molecule has 4 aromatic rings. The summed E-state index contributed by atoms with van der Waals surface area (Å²) in [6.07, 6.45) is 3.72. The summed E-state index contributed by atoms with van der Waals surface area (Å²) in [4.78, 5) is 13.7. The molecule has 0 bridgehead atoms. The zero-order valence-electron chi connectivity index (χ0n) is 16.8. The lowest BCUT2D eigenvalue weighted by molar-refractivity contribution is 0.238. The van der Waals surface area contributed by atoms with Crippen molar-refractivity contribution in [3.63, 3.8) is 0 Å². The van der Waals surface area contributed by atoms with E-state index in [0.717, 1.165) is 22.5 Å². The second kappa shape index (κ2) is 9.41. The average molecular weight is 417 g/mol. The molecule has 0 saturated carbocycles. The van der Waals surface area contributed by atoms with Crippen LogP contribution in [0.2, 0.25) is 0 Å². The van der Waals surface area contributed by atoms with Crippen molar-refractivity contribution in [2.75, 3.05) is 0 Å². The molecule has 30 heavy (non-hydrogen) atoms. The first-order valence-corrected chi connectivity index (χ1v) is 10.7. The second-order valence-corrected chi connectivity index (χ2v) is 8.19. The maximum atomic E-state index is 12.6. The van der Waals surface area contributed by atoms with E-state index in [1.165, 1.54) is 11.1 Å². The molecule has 2 amide bonds. The normalized spacial score (nSPS) is 11.8. The summed E-state index contributed by atoms with van der Waals surface area (Å²) in [5, 5.41) is 12.3. The van der Waals surface area contributed by atoms with E-state index in [2.05, 4.69) is 59.1 Å². The van der Waals surface area contributed by atoms with Crippen LogP contribution in [0.15, 0.2) is 84.5 Å². The Kier molecular flexibility index (Phi) is 6.25. The minimum absolute atomic E-state index is 0.165. The van der Waals surface area contributed by atoms with E-state index in [4.69, 9.17) is 0 Å². The lowest BCUT2D eigenvalue weighted by atomic mass is 10.0. The van der Waals surface area contributed by atoms with Crippen molar-refractivity contribution in [2.24, 2.45) is 0 Å². The molecule has 0 aliphatic heterocycles. The molecule has 2 N–H and O–H groups in total. The maximum Gasteiger partial charge on any atom is 0.315 e. The van der Waals surface area contributed by atoms with Crippen molar-refractivity contribution in [3.8, 4) is 0 Å². The van der Waals surface area contributed by atoms with Gasteiger partial charge in [-0.15, -0.1) is 11.3 Å². The molecule has 2 aromatic heterocycles. The van der Waals surface area contributed by atoms with Crippen molar-refractivity contribution in [2.45, 2.75) is 26.1 Å². The van der Waals surface area contributed by atoms with E-state index >= 15 is 0 Å². The number of carbonyl (C=O) groups excluding carboxylic acids is 1. The number of nitrogens with zero attached hydrogens (tertiary/aromatic N) is 2. The zero-order valence-corrected chi connectivity index (χ0v) is 17.6. The summed E-state index contributed by atoms with van der Waals surface area (Å²) in [5.74, 6) is 0. The molecule has 0 fully saturated rings.